The van der Waals surface area contributed by atoms with E-state index in [2.05, 4.69) is 32.7 Å². The predicted octanol–water partition coefficient (Wildman–Crippen LogP) is 4.70. The molecule has 2 aliphatic heterocycles. The number of aromatic nitrogens is 1. The van der Waals surface area contributed by atoms with Crippen LogP contribution in [0.25, 0.3) is 9.88 Å². The van der Waals surface area contributed by atoms with Gasteiger partial charge < -0.3 is 15.5 Å². The summed E-state index contributed by atoms with van der Waals surface area (Å²) in [5.41, 5.74) is 2.83. The molecule has 1 amide bonds. The molecule has 1 unspecified atom stereocenters. The van der Waals surface area contributed by atoms with Crippen molar-refractivity contribution in [1.29, 1.82) is 0 Å². The van der Waals surface area contributed by atoms with Gasteiger partial charge in [-0.1, -0.05) is 18.2 Å². The van der Waals surface area contributed by atoms with E-state index < -0.39 is 0 Å². The van der Waals surface area contributed by atoms with Gasteiger partial charge in [-0.2, -0.15) is 0 Å². The third-order valence-corrected chi connectivity index (χ3v) is 7.84. The van der Waals surface area contributed by atoms with Gasteiger partial charge in [-0.25, -0.2) is 4.98 Å². The fourth-order valence-corrected chi connectivity index (χ4v) is 6.10. The topological polar surface area (TPSA) is 57.3 Å². The fourth-order valence-electron chi connectivity index (χ4n) is 4.49. The molecule has 4 heterocycles. The van der Waals surface area contributed by atoms with Gasteiger partial charge in [-0.05, 0) is 49.4 Å². The number of para-hydroxylation sites is 2. The summed E-state index contributed by atoms with van der Waals surface area (Å²) in [7, 11) is 0. The number of carbonyl (C=O) groups excluding carboxylic acids is 1. The molecule has 2 saturated heterocycles. The summed E-state index contributed by atoms with van der Waals surface area (Å²) in [5, 5.41) is 11.4. The van der Waals surface area contributed by atoms with Crippen molar-refractivity contribution in [2.24, 2.45) is 5.41 Å². The van der Waals surface area contributed by atoms with Crippen LogP contribution in [0.4, 0.5) is 11.4 Å². The van der Waals surface area contributed by atoms with Gasteiger partial charge in [0.25, 0.3) is 5.91 Å². The second-order valence-electron chi connectivity index (χ2n) is 7.94. The molecule has 0 bridgehead atoms. The van der Waals surface area contributed by atoms with Crippen molar-refractivity contribution in [3.8, 4) is 9.88 Å². The normalized spacial score (nSPS) is 21.6. The lowest BCUT2D eigenvalue weighted by Crippen LogP contribution is -2.44. The largest absolute Gasteiger partial charge is 0.369 e. The molecule has 2 N–H and O–H groups in total. The van der Waals surface area contributed by atoms with Crippen LogP contribution in [0, 0.1) is 5.41 Å². The number of hydrogen-bond acceptors (Lipinski definition) is 6. The molecule has 1 spiro atoms. The molecule has 2 aromatic heterocycles. The number of amides is 1. The maximum absolute atomic E-state index is 12.9. The van der Waals surface area contributed by atoms with Gasteiger partial charge in [0.2, 0.25) is 0 Å². The highest BCUT2D eigenvalue weighted by Gasteiger charge is 2.38. The molecule has 0 saturated carbocycles. The van der Waals surface area contributed by atoms with Gasteiger partial charge in [-0.15, -0.1) is 22.7 Å². The van der Waals surface area contributed by atoms with Crippen LogP contribution in [0.15, 0.2) is 47.2 Å². The molecule has 0 radical (unpaired) electrons. The monoisotopic (exact) mass is 424 g/mol. The van der Waals surface area contributed by atoms with Crippen LogP contribution in [0.2, 0.25) is 0 Å². The van der Waals surface area contributed by atoms with Gasteiger partial charge in [0.05, 0.1) is 16.3 Å². The standard InChI is InChI=1S/C22H24N4OS2/c27-20(17-13-29-21(25-17)19-7-3-12-28-19)24-16-5-1-2-6-18(16)26-11-4-8-22(15-26)9-10-23-14-22/h1-3,5-7,12-13,23H,4,8-11,14-15H2,(H,24,27). The van der Waals surface area contributed by atoms with Crippen molar-refractivity contribution < 1.29 is 4.79 Å². The quantitative estimate of drug-likeness (QED) is 0.637. The van der Waals surface area contributed by atoms with Gasteiger partial charge in [0, 0.05) is 30.4 Å². The summed E-state index contributed by atoms with van der Waals surface area (Å²) in [6.45, 7) is 4.30. The molecule has 1 aromatic carbocycles. The Labute approximate surface area is 178 Å². The Morgan fingerprint density at radius 1 is 1.17 bits per heavy atom. The van der Waals surface area contributed by atoms with Crippen molar-refractivity contribution in [3.05, 3.63) is 52.9 Å². The van der Waals surface area contributed by atoms with Crippen molar-refractivity contribution in [2.45, 2.75) is 19.3 Å². The minimum absolute atomic E-state index is 0.147. The SMILES string of the molecule is O=C(Nc1ccccc1N1CCCC2(CCNC2)C1)c1csc(-c2cccs2)n1. The van der Waals surface area contributed by atoms with E-state index in [1.165, 1.54) is 30.6 Å². The van der Waals surface area contributed by atoms with Gasteiger partial charge in [0.1, 0.15) is 10.7 Å². The van der Waals surface area contributed by atoms with Crippen molar-refractivity contribution in [2.75, 3.05) is 36.4 Å². The molecule has 0 aliphatic carbocycles. The van der Waals surface area contributed by atoms with Crippen LogP contribution in [0.1, 0.15) is 29.8 Å². The molecular formula is C22H24N4OS2. The van der Waals surface area contributed by atoms with E-state index in [1.807, 2.05) is 35.0 Å². The van der Waals surface area contributed by atoms with E-state index in [9.17, 15) is 4.79 Å². The van der Waals surface area contributed by atoms with Crippen molar-refractivity contribution in [3.63, 3.8) is 0 Å². The summed E-state index contributed by atoms with van der Waals surface area (Å²) >= 11 is 3.15. The highest BCUT2D eigenvalue weighted by atomic mass is 32.1. The molecule has 5 nitrogen and oxygen atoms in total. The Balaban J connectivity index is 1.35. The number of hydrogen-bond donors (Lipinski definition) is 2. The molecule has 3 aromatic rings. The molecule has 2 fully saturated rings. The molecular weight excluding hydrogens is 400 g/mol. The lowest BCUT2D eigenvalue weighted by atomic mass is 9.79. The Kier molecular flexibility index (Phi) is 5.11. The number of piperidine rings is 1. The zero-order valence-electron chi connectivity index (χ0n) is 16.2. The summed E-state index contributed by atoms with van der Waals surface area (Å²) < 4.78 is 0. The third-order valence-electron chi connectivity index (χ3n) is 5.96. The highest BCUT2D eigenvalue weighted by Crippen LogP contribution is 2.39. The summed E-state index contributed by atoms with van der Waals surface area (Å²) in [4.78, 5) is 21.0. The molecule has 2 aliphatic rings. The minimum atomic E-state index is -0.147. The molecule has 29 heavy (non-hydrogen) atoms. The Morgan fingerprint density at radius 3 is 2.93 bits per heavy atom. The van der Waals surface area contributed by atoms with Gasteiger partial charge >= 0.3 is 0 Å². The first kappa shape index (κ1) is 18.8. The summed E-state index contributed by atoms with van der Waals surface area (Å²) in [5.74, 6) is -0.147. The Hall–Kier alpha value is -2.22. The predicted molar refractivity (Wildman–Crippen MR) is 121 cm³/mol. The van der Waals surface area contributed by atoms with Crippen LogP contribution in [0.5, 0.6) is 0 Å². The zero-order valence-corrected chi connectivity index (χ0v) is 17.8. The zero-order chi connectivity index (χ0) is 19.7. The van der Waals surface area contributed by atoms with Gasteiger partial charge in [0.15, 0.2) is 0 Å². The smallest absolute Gasteiger partial charge is 0.275 e. The highest BCUT2D eigenvalue weighted by molar-refractivity contribution is 7.20. The molecule has 7 heteroatoms. The third kappa shape index (κ3) is 3.82. The van der Waals surface area contributed by atoms with Crippen molar-refractivity contribution in [1.82, 2.24) is 10.3 Å². The number of thiophene rings is 1. The number of nitrogens with one attached hydrogen (secondary N) is 2. The van der Waals surface area contributed by atoms with Crippen LogP contribution in [0.3, 0.4) is 0 Å². The molecule has 1 atom stereocenters. The van der Waals surface area contributed by atoms with Crippen LogP contribution in [-0.4, -0.2) is 37.1 Å². The number of thiazole rings is 1. The maximum atomic E-state index is 12.9. The number of carbonyl (C=O) groups is 1. The van der Waals surface area contributed by atoms with E-state index >= 15 is 0 Å². The van der Waals surface area contributed by atoms with E-state index in [1.54, 1.807) is 11.3 Å². The van der Waals surface area contributed by atoms with Crippen LogP contribution < -0.4 is 15.5 Å². The molecule has 5 rings (SSSR count). The second kappa shape index (κ2) is 7.89. The van der Waals surface area contributed by atoms with Crippen molar-refractivity contribution >= 4 is 40.0 Å². The Bertz CT molecular complexity index is 992. The van der Waals surface area contributed by atoms with E-state index in [4.69, 9.17) is 0 Å². The van der Waals surface area contributed by atoms with E-state index in [0.717, 1.165) is 47.4 Å². The van der Waals surface area contributed by atoms with Crippen LogP contribution in [-0.2, 0) is 0 Å². The van der Waals surface area contributed by atoms with E-state index in [0.29, 0.717) is 11.1 Å². The van der Waals surface area contributed by atoms with Crippen LogP contribution >= 0.6 is 22.7 Å². The Morgan fingerprint density at radius 2 is 2.10 bits per heavy atom. The number of benzene rings is 1. The average molecular weight is 425 g/mol. The first-order chi connectivity index (χ1) is 14.2. The van der Waals surface area contributed by atoms with E-state index in [-0.39, 0.29) is 5.91 Å². The lowest BCUT2D eigenvalue weighted by molar-refractivity contribution is 0.102. The number of anilines is 2. The molecule has 150 valence electrons. The summed E-state index contributed by atoms with van der Waals surface area (Å²) in [6, 6.07) is 12.2. The minimum Gasteiger partial charge on any atom is -0.369 e. The maximum Gasteiger partial charge on any atom is 0.275 e. The number of rotatable bonds is 4. The fraction of sp³-hybridized carbons (Fsp3) is 0.364. The first-order valence-electron chi connectivity index (χ1n) is 10.1. The van der Waals surface area contributed by atoms with Gasteiger partial charge in [-0.3, -0.25) is 4.79 Å². The number of nitrogens with zero attached hydrogens (tertiary/aromatic N) is 2. The lowest BCUT2D eigenvalue weighted by Gasteiger charge is -2.41. The second-order valence-corrected chi connectivity index (χ2v) is 9.74. The average Bonchev–Trinajstić information content (AvgIpc) is 3.50. The first-order valence-corrected chi connectivity index (χ1v) is 11.8. The summed E-state index contributed by atoms with van der Waals surface area (Å²) in [6.07, 6.45) is 3.72.